The van der Waals surface area contributed by atoms with Gasteiger partial charge in [-0.25, -0.2) is 9.37 Å². The highest BCUT2D eigenvalue weighted by Crippen LogP contribution is 2.11. The lowest BCUT2D eigenvalue weighted by Crippen LogP contribution is -2.35. The molecule has 0 fully saturated rings. The predicted molar refractivity (Wildman–Crippen MR) is 63.4 cm³/mol. The Morgan fingerprint density at radius 2 is 2.18 bits per heavy atom. The highest BCUT2D eigenvalue weighted by atomic mass is 35.5. The van der Waals surface area contributed by atoms with E-state index in [2.05, 4.69) is 15.3 Å². The zero-order valence-electron chi connectivity index (χ0n) is 9.70. The van der Waals surface area contributed by atoms with Crippen molar-refractivity contribution < 1.29 is 9.18 Å². The van der Waals surface area contributed by atoms with Gasteiger partial charge in [-0.15, -0.1) is 0 Å². The zero-order valence-corrected chi connectivity index (χ0v) is 10.5. The summed E-state index contributed by atoms with van der Waals surface area (Å²) in [6.45, 7) is 4.97. The van der Waals surface area contributed by atoms with Crippen LogP contribution in [-0.4, -0.2) is 40.4 Å². The van der Waals surface area contributed by atoms with E-state index in [1.807, 2.05) is 13.8 Å². The number of carbonyl (C=O) groups is 1. The molecule has 1 heterocycles. The first-order chi connectivity index (χ1) is 8.08. The topological polar surface area (TPSA) is 58.1 Å². The van der Waals surface area contributed by atoms with Crippen LogP contribution in [0.5, 0.6) is 0 Å². The number of nitrogens with zero attached hydrogens (tertiary/aromatic N) is 3. The number of likely N-dealkylation sites (N-methyl/N-ethyl adjacent to an activating group) is 1. The fraction of sp³-hybridized carbons (Fsp3) is 0.500. The molecular weight excluding hydrogens is 247 g/mol. The van der Waals surface area contributed by atoms with Crippen molar-refractivity contribution in [1.29, 1.82) is 0 Å². The Labute approximate surface area is 104 Å². The molecule has 7 heteroatoms. The molecule has 0 radical (unpaired) electrons. The van der Waals surface area contributed by atoms with Crippen LogP contribution in [0.1, 0.15) is 13.8 Å². The largest absolute Gasteiger partial charge is 0.358 e. The third kappa shape index (κ3) is 3.81. The summed E-state index contributed by atoms with van der Waals surface area (Å²) in [6.07, 6.45) is 0.958. The molecule has 0 aromatic carbocycles. The normalized spacial score (nSPS) is 10.1. The first kappa shape index (κ1) is 13.6. The van der Waals surface area contributed by atoms with Crippen LogP contribution in [-0.2, 0) is 4.79 Å². The summed E-state index contributed by atoms with van der Waals surface area (Å²) >= 11 is 5.53. The Morgan fingerprint density at radius 1 is 1.53 bits per heavy atom. The van der Waals surface area contributed by atoms with E-state index in [0.29, 0.717) is 13.1 Å². The molecule has 1 amide bonds. The maximum absolute atomic E-state index is 13.2. The number of hydrogen-bond acceptors (Lipinski definition) is 4. The number of amides is 1. The van der Waals surface area contributed by atoms with Gasteiger partial charge in [0.1, 0.15) is 0 Å². The quantitative estimate of drug-likeness (QED) is 0.816. The minimum absolute atomic E-state index is 0.0219. The van der Waals surface area contributed by atoms with Crippen LogP contribution < -0.4 is 5.32 Å². The second-order valence-corrected chi connectivity index (χ2v) is 3.59. The minimum Gasteiger partial charge on any atom is -0.358 e. The van der Waals surface area contributed by atoms with Crippen molar-refractivity contribution in [3.05, 3.63) is 17.3 Å². The summed E-state index contributed by atoms with van der Waals surface area (Å²) in [7, 11) is 0. The summed E-state index contributed by atoms with van der Waals surface area (Å²) in [6, 6.07) is 0. The van der Waals surface area contributed by atoms with Crippen molar-refractivity contribution in [3.63, 3.8) is 0 Å². The van der Waals surface area contributed by atoms with E-state index < -0.39 is 5.82 Å². The third-order valence-electron chi connectivity index (χ3n) is 2.24. The van der Waals surface area contributed by atoms with Gasteiger partial charge in [0.15, 0.2) is 11.6 Å². The zero-order chi connectivity index (χ0) is 12.8. The molecule has 0 atom stereocenters. The summed E-state index contributed by atoms with van der Waals surface area (Å²) < 4.78 is 13.2. The van der Waals surface area contributed by atoms with Crippen LogP contribution in [0.4, 0.5) is 10.2 Å². The van der Waals surface area contributed by atoms with E-state index >= 15 is 0 Å². The monoisotopic (exact) mass is 260 g/mol. The lowest BCUT2D eigenvalue weighted by molar-refractivity contribution is -0.128. The van der Waals surface area contributed by atoms with Gasteiger partial charge in [-0.1, -0.05) is 0 Å². The van der Waals surface area contributed by atoms with Crippen LogP contribution in [0, 0.1) is 5.82 Å². The lowest BCUT2D eigenvalue weighted by atomic mass is 10.4. The van der Waals surface area contributed by atoms with Crippen molar-refractivity contribution in [2.24, 2.45) is 0 Å². The van der Waals surface area contributed by atoms with E-state index in [1.54, 1.807) is 4.90 Å². The second kappa shape index (κ2) is 6.34. The molecule has 0 aliphatic heterocycles. The van der Waals surface area contributed by atoms with Crippen LogP contribution >= 0.6 is 11.6 Å². The van der Waals surface area contributed by atoms with Gasteiger partial charge in [-0.05, 0) is 25.4 Å². The molecule has 0 aliphatic rings. The molecule has 1 aromatic rings. The maximum Gasteiger partial charge on any atom is 0.241 e. The van der Waals surface area contributed by atoms with Gasteiger partial charge in [0.2, 0.25) is 11.2 Å². The van der Waals surface area contributed by atoms with Crippen LogP contribution in [0.15, 0.2) is 6.20 Å². The Kier molecular flexibility index (Phi) is 5.09. The van der Waals surface area contributed by atoms with E-state index in [9.17, 15) is 9.18 Å². The standard InChI is InChI=1S/C10H14ClFN4O/c1-3-16(4-2)8(17)6-13-9-7(12)5-14-10(11)15-9/h5H,3-4,6H2,1-2H3,(H,13,14,15). The van der Waals surface area contributed by atoms with Gasteiger partial charge < -0.3 is 10.2 Å². The molecule has 1 N–H and O–H groups in total. The first-order valence-corrected chi connectivity index (χ1v) is 5.66. The van der Waals surface area contributed by atoms with Crippen molar-refractivity contribution in [3.8, 4) is 0 Å². The average molecular weight is 261 g/mol. The van der Waals surface area contributed by atoms with Crippen LogP contribution in [0.25, 0.3) is 0 Å². The highest BCUT2D eigenvalue weighted by molar-refractivity contribution is 6.28. The Hall–Kier alpha value is -1.43. The number of nitrogens with one attached hydrogen (secondary N) is 1. The number of carbonyl (C=O) groups excluding carboxylic acids is 1. The number of aromatic nitrogens is 2. The Morgan fingerprint density at radius 3 is 2.76 bits per heavy atom. The van der Waals surface area contributed by atoms with Crippen molar-refractivity contribution in [1.82, 2.24) is 14.9 Å². The summed E-state index contributed by atoms with van der Waals surface area (Å²) in [4.78, 5) is 20.4. The highest BCUT2D eigenvalue weighted by Gasteiger charge is 2.11. The second-order valence-electron chi connectivity index (χ2n) is 3.26. The molecule has 0 spiro atoms. The summed E-state index contributed by atoms with van der Waals surface area (Å²) in [5.41, 5.74) is 0. The van der Waals surface area contributed by atoms with Gasteiger partial charge in [0.05, 0.1) is 12.7 Å². The molecule has 0 unspecified atom stereocenters. The van der Waals surface area contributed by atoms with Crippen molar-refractivity contribution in [2.75, 3.05) is 25.0 Å². The molecule has 1 rings (SSSR count). The number of halogens is 2. The summed E-state index contributed by atoms with van der Waals surface area (Å²) in [5, 5.41) is 2.54. The molecule has 94 valence electrons. The molecule has 0 saturated carbocycles. The van der Waals surface area contributed by atoms with Crippen LogP contribution in [0.2, 0.25) is 5.28 Å². The lowest BCUT2D eigenvalue weighted by Gasteiger charge is -2.18. The first-order valence-electron chi connectivity index (χ1n) is 5.28. The number of anilines is 1. The fourth-order valence-electron chi connectivity index (χ4n) is 1.32. The van der Waals surface area contributed by atoms with Crippen LogP contribution in [0.3, 0.4) is 0 Å². The van der Waals surface area contributed by atoms with E-state index in [1.165, 1.54) is 0 Å². The van der Waals surface area contributed by atoms with Gasteiger partial charge in [-0.3, -0.25) is 4.79 Å². The molecule has 17 heavy (non-hydrogen) atoms. The Bertz CT molecular complexity index is 398. The molecule has 5 nitrogen and oxygen atoms in total. The van der Waals surface area contributed by atoms with Gasteiger partial charge in [0, 0.05) is 13.1 Å². The van der Waals surface area contributed by atoms with E-state index in [-0.39, 0.29) is 23.6 Å². The van der Waals surface area contributed by atoms with E-state index in [0.717, 1.165) is 6.20 Å². The number of rotatable bonds is 5. The summed E-state index contributed by atoms with van der Waals surface area (Å²) in [5.74, 6) is -0.823. The van der Waals surface area contributed by atoms with Gasteiger partial charge in [-0.2, -0.15) is 4.98 Å². The third-order valence-corrected chi connectivity index (χ3v) is 2.42. The van der Waals surface area contributed by atoms with Gasteiger partial charge in [0.25, 0.3) is 0 Å². The van der Waals surface area contributed by atoms with E-state index in [4.69, 9.17) is 11.6 Å². The smallest absolute Gasteiger partial charge is 0.241 e. The minimum atomic E-state index is -0.637. The SMILES string of the molecule is CCN(CC)C(=O)CNc1nc(Cl)ncc1F. The molecule has 0 bridgehead atoms. The average Bonchev–Trinajstić information content (AvgIpc) is 2.32. The van der Waals surface area contributed by atoms with Crippen molar-refractivity contribution >= 4 is 23.3 Å². The molecule has 0 aliphatic carbocycles. The number of hydrogen-bond donors (Lipinski definition) is 1. The maximum atomic E-state index is 13.2. The fourth-order valence-corrected chi connectivity index (χ4v) is 1.45. The predicted octanol–water partition coefficient (Wildman–Crippen LogP) is 1.55. The molecule has 1 aromatic heterocycles. The van der Waals surface area contributed by atoms with Gasteiger partial charge >= 0.3 is 0 Å². The van der Waals surface area contributed by atoms with Crippen molar-refractivity contribution in [2.45, 2.75) is 13.8 Å². The molecule has 0 saturated heterocycles. The molecular formula is C10H14ClFN4O. The Balaban J connectivity index is 2.61.